The molecule has 3 heterocycles. The minimum absolute atomic E-state index is 0.660. The lowest BCUT2D eigenvalue weighted by molar-refractivity contribution is 0.141. The van der Waals surface area contributed by atoms with Gasteiger partial charge in [0.25, 0.3) is 0 Å². The highest BCUT2D eigenvalue weighted by Gasteiger charge is 2.26. The van der Waals surface area contributed by atoms with Crippen LogP contribution in [-0.4, -0.2) is 41.5 Å². The number of nitrogens with zero attached hydrogens (tertiary/aromatic N) is 3. The molecule has 0 radical (unpaired) electrons. The topological polar surface area (TPSA) is 45.4 Å². The summed E-state index contributed by atoms with van der Waals surface area (Å²) in [6.07, 6.45) is 6.79. The molecule has 3 rings (SSSR count). The second kappa shape index (κ2) is 5.45. The van der Waals surface area contributed by atoms with Gasteiger partial charge in [0.15, 0.2) is 0 Å². The molecule has 0 saturated carbocycles. The fraction of sp³-hybridized carbons (Fsp3) is 0.769. The van der Waals surface area contributed by atoms with Crippen LogP contribution in [0, 0.1) is 0 Å². The van der Waals surface area contributed by atoms with E-state index in [9.17, 15) is 0 Å². The fourth-order valence-corrected chi connectivity index (χ4v) is 3.89. The van der Waals surface area contributed by atoms with Gasteiger partial charge >= 0.3 is 0 Å². The number of hydrogen-bond donors (Lipinski definition) is 1. The van der Waals surface area contributed by atoms with E-state index in [4.69, 9.17) is 5.73 Å². The Labute approximate surface area is 113 Å². The number of aromatic nitrogens is 1. The predicted octanol–water partition coefficient (Wildman–Crippen LogP) is 2.18. The van der Waals surface area contributed by atoms with E-state index in [1.165, 1.54) is 61.7 Å². The summed E-state index contributed by atoms with van der Waals surface area (Å²) in [5, 5.41) is 1.24. The Bertz CT molecular complexity index is 378. The van der Waals surface area contributed by atoms with E-state index in [1.54, 1.807) is 0 Å². The van der Waals surface area contributed by atoms with Crippen LogP contribution in [0.15, 0.2) is 6.07 Å². The number of anilines is 2. The van der Waals surface area contributed by atoms with Crippen LogP contribution in [0.1, 0.15) is 32.1 Å². The maximum absolute atomic E-state index is 5.69. The molecule has 0 aliphatic carbocycles. The molecule has 4 nitrogen and oxygen atoms in total. The van der Waals surface area contributed by atoms with Crippen molar-refractivity contribution in [2.45, 2.75) is 38.1 Å². The highest BCUT2D eigenvalue weighted by molar-refractivity contribution is 7.10. The first-order valence-electron chi connectivity index (χ1n) is 7.04. The molecule has 100 valence electrons. The first kappa shape index (κ1) is 12.2. The van der Waals surface area contributed by atoms with Crippen LogP contribution in [0.3, 0.4) is 0 Å². The third kappa shape index (κ3) is 2.62. The van der Waals surface area contributed by atoms with E-state index in [-0.39, 0.29) is 0 Å². The van der Waals surface area contributed by atoms with Gasteiger partial charge in [-0.05, 0) is 50.3 Å². The maximum atomic E-state index is 5.69. The molecule has 2 fully saturated rings. The van der Waals surface area contributed by atoms with E-state index in [1.807, 2.05) is 6.07 Å². The largest absolute Gasteiger partial charge is 0.383 e. The first-order valence-corrected chi connectivity index (χ1v) is 7.81. The minimum Gasteiger partial charge on any atom is -0.383 e. The highest BCUT2D eigenvalue weighted by atomic mass is 32.1. The number of hydrogen-bond acceptors (Lipinski definition) is 5. The molecule has 2 N–H and O–H groups in total. The molecular weight excluding hydrogens is 244 g/mol. The summed E-state index contributed by atoms with van der Waals surface area (Å²) < 4.78 is 4.17. The van der Waals surface area contributed by atoms with E-state index >= 15 is 0 Å². The molecule has 0 amide bonds. The van der Waals surface area contributed by atoms with E-state index in [2.05, 4.69) is 14.2 Å². The van der Waals surface area contributed by atoms with Gasteiger partial charge in [-0.3, -0.25) is 0 Å². The van der Waals surface area contributed by atoms with Crippen molar-refractivity contribution >= 4 is 22.4 Å². The fourth-order valence-electron chi connectivity index (χ4n) is 3.16. The van der Waals surface area contributed by atoms with Gasteiger partial charge in [-0.2, -0.15) is 4.37 Å². The Hall–Kier alpha value is -0.810. The maximum Gasteiger partial charge on any atom is 0.139 e. The molecule has 1 aromatic heterocycles. The Morgan fingerprint density at radius 2 is 1.83 bits per heavy atom. The number of nitrogen functional groups attached to an aromatic ring is 1. The van der Waals surface area contributed by atoms with Gasteiger partial charge in [0.1, 0.15) is 10.8 Å². The SMILES string of the molecule is Nc1cc(N2CCC(N3CCCCC3)CC2)sn1. The molecule has 18 heavy (non-hydrogen) atoms. The van der Waals surface area contributed by atoms with Gasteiger partial charge in [-0.15, -0.1) is 0 Å². The Kier molecular flexibility index (Phi) is 3.70. The van der Waals surface area contributed by atoms with Crippen LogP contribution in [0.2, 0.25) is 0 Å². The monoisotopic (exact) mass is 266 g/mol. The second-order valence-electron chi connectivity index (χ2n) is 5.40. The van der Waals surface area contributed by atoms with Crippen molar-refractivity contribution in [3.8, 4) is 0 Å². The van der Waals surface area contributed by atoms with Crippen molar-refractivity contribution in [1.29, 1.82) is 0 Å². The molecule has 0 spiro atoms. The molecule has 1 aromatic rings. The average molecular weight is 266 g/mol. The van der Waals surface area contributed by atoms with Crippen molar-refractivity contribution in [3.63, 3.8) is 0 Å². The van der Waals surface area contributed by atoms with E-state index in [0.717, 1.165) is 19.1 Å². The lowest BCUT2D eigenvalue weighted by Crippen LogP contribution is -2.46. The van der Waals surface area contributed by atoms with Gasteiger partial charge in [0, 0.05) is 25.2 Å². The Morgan fingerprint density at radius 3 is 2.44 bits per heavy atom. The summed E-state index contributed by atoms with van der Waals surface area (Å²) in [4.78, 5) is 5.15. The molecule has 2 saturated heterocycles. The smallest absolute Gasteiger partial charge is 0.139 e. The quantitative estimate of drug-likeness (QED) is 0.891. The molecule has 2 aliphatic heterocycles. The lowest BCUT2D eigenvalue weighted by Gasteiger charge is -2.40. The zero-order chi connectivity index (χ0) is 12.4. The van der Waals surface area contributed by atoms with Crippen molar-refractivity contribution in [2.24, 2.45) is 0 Å². The van der Waals surface area contributed by atoms with E-state index in [0.29, 0.717) is 5.82 Å². The molecule has 0 bridgehead atoms. The highest BCUT2D eigenvalue weighted by Crippen LogP contribution is 2.28. The summed E-state index contributed by atoms with van der Waals surface area (Å²) in [5.41, 5.74) is 5.69. The van der Waals surface area contributed by atoms with E-state index < -0.39 is 0 Å². The zero-order valence-electron chi connectivity index (χ0n) is 10.8. The summed E-state index contributed by atoms with van der Waals surface area (Å²) in [5.74, 6) is 0.660. The molecule has 0 atom stereocenters. The average Bonchev–Trinajstić information content (AvgIpc) is 2.87. The predicted molar refractivity (Wildman–Crippen MR) is 77.2 cm³/mol. The third-order valence-electron chi connectivity index (χ3n) is 4.20. The molecule has 0 unspecified atom stereocenters. The Balaban J connectivity index is 1.54. The number of nitrogens with two attached hydrogens (primary N) is 1. The molecular formula is C13H22N4S. The lowest BCUT2D eigenvalue weighted by atomic mass is 10.00. The third-order valence-corrected chi connectivity index (χ3v) is 5.06. The van der Waals surface area contributed by atoms with Gasteiger partial charge in [-0.1, -0.05) is 6.42 Å². The van der Waals surface area contributed by atoms with Crippen LogP contribution < -0.4 is 10.6 Å². The summed E-state index contributed by atoms with van der Waals surface area (Å²) >= 11 is 1.53. The number of rotatable bonds is 2. The van der Waals surface area contributed by atoms with Crippen LogP contribution in [0.5, 0.6) is 0 Å². The van der Waals surface area contributed by atoms with Crippen molar-refractivity contribution in [3.05, 3.63) is 6.07 Å². The minimum atomic E-state index is 0.660. The van der Waals surface area contributed by atoms with Gasteiger partial charge < -0.3 is 15.5 Å². The van der Waals surface area contributed by atoms with Crippen LogP contribution in [-0.2, 0) is 0 Å². The summed E-state index contributed by atoms with van der Waals surface area (Å²) in [7, 11) is 0. The summed E-state index contributed by atoms with van der Waals surface area (Å²) in [6.45, 7) is 4.95. The van der Waals surface area contributed by atoms with Gasteiger partial charge in [-0.25, -0.2) is 0 Å². The normalized spacial score (nSPS) is 23.4. The molecule has 5 heteroatoms. The van der Waals surface area contributed by atoms with Crippen LogP contribution in [0.4, 0.5) is 10.8 Å². The van der Waals surface area contributed by atoms with Crippen LogP contribution >= 0.6 is 11.5 Å². The summed E-state index contributed by atoms with van der Waals surface area (Å²) in [6, 6.07) is 2.82. The van der Waals surface area contributed by atoms with Gasteiger partial charge in [0.05, 0.1) is 0 Å². The number of likely N-dealkylation sites (tertiary alicyclic amines) is 1. The molecule has 2 aliphatic rings. The Morgan fingerprint density at radius 1 is 1.11 bits per heavy atom. The standard InChI is InChI=1S/C13H22N4S/c14-12-10-13(18-15-12)17-8-4-11(5-9-17)16-6-2-1-3-7-16/h10-11H,1-9H2,(H2,14,15). The zero-order valence-corrected chi connectivity index (χ0v) is 11.7. The van der Waals surface area contributed by atoms with Crippen molar-refractivity contribution < 1.29 is 0 Å². The van der Waals surface area contributed by atoms with Crippen molar-refractivity contribution in [1.82, 2.24) is 9.27 Å². The first-order chi connectivity index (χ1) is 8.83. The second-order valence-corrected chi connectivity index (χ2v) is 6.19. The van der Waals surface area contributed by atoms with Crippen LogP contribution in [0.25, 0.3) is 0 Å². The van der Waals surface area contributed by atoms with Gasteiger partial charge in [0.2, 0.25) is 0 Å². The molecule has 0 aromatic carbocycles. The number of piperidine rings is 2. The van der Waals surface area contributed by atoms with Crippen molar-refractivity contribution in [2.75, 3.05) is 36.8 Å².